The first-order valence-corrected chi connectivity index (χ1v) is 8.97. The van der Waals surface area contributed by atoms with Crippen LogP contribution in [0.1, 0.15) is 31.4 Å². The summed E-state index contributed by atoms with van der Waals surface area (Å²) in [6, 6.07) is 2.63. The Morgan fingerprint density at radius 2 is 2.07 bits per heavy atom. The molecule has 3 rings (SSSR count). The molecule has 3 heterocycles. The number of fused-ring (bicyclic) bond motifs is 1. The number of halogens is 3. The SMILES string of the molecule is CCC(C)[C@@H](CO)Nc1ncc(C#N)c(-c2c[nH]c3ncc(C(F)(F)F)cc23)n1. The van der Waals surface area contributed by atoms with Gasteiger partial charge in [-0.1, -0.05) is 20.3 Å². The van der Waals surface area contributed by atoms with Crippen molar-refractivity contribution < 1.29 is 18.3 Å². The van der Waals surface area contributed by atoms with E-state index in [9.17, 15) is 23.5 Å². The molecule has 7 nitrogen and oxygen atoms in total. The molecule has 29 heavy (non-hydrogen) atoms. The number of rotatable bonds is 6. The highest BCUT2D eigenvalue weighted by Gasteiger charge is 2.31. The summed E-state index contributed by atoms with van der Waals surface area (Å²) < 4.78 is 39.3. The van der Waals surface area contributed by atoms with Crippen LogP contribution >= 0.6 is 0 Å². The Balaban J connectivity index is 2.09. The van der Waals surface area contributed by atoms with E-state index in [-0.39, 0.29) is 46.8 Å². The van der Waals surface area contributed by atoms with Crippen molar-refractivity contribution in [3.63, 3.8) is 0 Å². The quantitative estimate of drug-likeness (QED) is 0.577. The predicted molar refractivity (Wildman–Crippen MR) is 101 cm³/mol. The molecule has 0 fully saturated rings. The van der Waals surface area contributed by atoms with Gasteiger partial charge in [-0.05, 0) is 12.0 Å². The first-order valence-electron chi connectivity index (χ1n) is 8.97. The number of hydrogen-bond donors (Lipinski definition) is 3. The van der Waals surface area contributed by atoms with Crippen molar-refractivity contribution in [1.82, 2.24) is 19.9 Å². The third-order valence-electron chi connectivity index (χ3n) is 4.86. The van der Waals surface area contributed by atoms with Crippen LogP contribution in [0.2, 0.25) is 0 Å². The van der Waals surface area contributed by atoms with Crippen LogP contribution < -0.4 is 5.32 Å². The van der Waals surface area contributed by atoms with Gasteiger partial charge in [0, 0.05) is 23.3 Å². The summed E-state index contributed by atoms with van der Waals surface area (Å²) in [5.41, 5.74) is -0.0485. The largest absolute Gasteiger partial charge is 0.417 e. The lowest BCUT2D eigenvalue weighted by Crippen LogP contribution is -2.31. The van der Waals surface area contributed by atoms with Gasteiger partial charge in [0.2, 0.25) is 5.95 Å². The third-order valence-corrected chi connectivity index (χ3v) is 4.86. The number of H-pyrrole nitrogens is 1. The smallest absolute Gasteiger partial charge is 0.394 e. The summed E-state index contributed by atoms with van der Waals surface area (Å²) in [5, 5.41) is 22.2. The van der Waals surface area contributed by atoms with Gasteiger partial charge in [-0.3, -0.25) is 0 Å². The number of nitrogens with one attached hydrogen (secondary N) is 2. The second kappa shape index (κ2) is 8.05. The molecule has 0 saturated heterocycles. The monoisotopic (exact) mass is 404 g/mol. The molecular formula is C19H19F3N6O. The van der Waals surface area contributed by atoms with E-state index in [2.05, 4.69) is 25.3 Å². The van der Waals surface area contributed by atoms with Crippen LogP contribution in [0.3, 0.4) is 0 Å². The Bertz CT molecular complexity index is 1060. The van der Waals surface area contributed by atoms with Gasteiger partial charge >= 0.3 is 6.18 Å². The number of aliphatic hydroxyl groups is 1. The Labute approximate surface area is 164 Å². The highest BCUT2D eigenvalue weighted by Crippen LogP contribution is 2.34. The van der Waals surface area contributed by atoms with E-state index in [1.165, 1.54) is 12.4 Å². The van der Waals surface area contributed by atoms with Gasteiger partial charge in [0.25, 0.3) is 0 Å². The van der Waals surface area contributed by atoms with Gasteiger partial charge in [0.15, 0.2) is 0 Å². The average molecular weight is 404 g/mol. The summed E-state index contributed by atoms with van der Waals surface area (Å²) in [7, 11) is 0. The second-order valence-corrected chi connectivity index (χ2v) is 6.71. The number of alkyl halides is 3. The molecule has 0 aliphatic heterocycles. The Hall–Kier alpha value is -3.19. The maximum absolute atomic E-state index is 13.1. The lowest BCUT2D eigenvalue weighted by molar-refractivity contribution is -0.137. The standard InChI is InChI=1S/C19H19F3N6O/c1-3-10(2)15(9-29)27-18-26-6-11(5-23)16(28-18)14-8-25-17-13(14)4-12(7-24-17)19(20,21)22/h4,6-8,10,15,29H,3,9H2,1-2H3,(H,24,25)(H,26,27,28)/t10?,15-/m1/s1. The van der Waals surface area contributed by atoms with Crippen LogP contribution in [0.4, 0.5) is 19.1 Å². The Morgan fingerprint density at radius 3 is 2.69 bits per heavy atom. The maximum Gasteiger partial charge on any atom is 0.417 e. The molecule has 3 N–H and O–H groups in total. The number of nitriles is 1. The van der Waals surface area contributed by atoms with Gasteiger partial charge in [0.05, 0.1) is 35.7 Å². The zero-order valence-electron chi connectivity index (χ0n) is 15.7. The minimum atomic E-state index is -4.54. The first kappa shape index (κ1) is 20.5. The molecule has 3 aromatic rings. The summed E-state index contributed by atoms with van der Waals surface area (Å²) in [4.78, 5) is 15.1. The molecule has 2 atom stereocenters. The van der Waals surface area contributed by atoms with Gasteiger partial charge in [0.1, 0.15) is 11.7 Å². The van der Waals surface area contributed by atoms with Gasteiger partial charge < -0.3 is 15.4 Å². The fraction of sp³-hybridized carbons (Fsp3) is 0.368. The fourth-order valence-electron chi connectivity index (χ4n) is 2.91. The van der Waals surface area contributed by atoms with Crippen molar-refractivity contribution in [3.05, 3.63) is 35.8 Å². The van der Waals surface area contributed by atoms with E-state index in [1.807, 2.05) is 19.9 Å². The molecular weight excluding hydrogens is 385 g/mol. The molecule has 0 bridgehead atoms. The van der Waals surface area contributed by atoms with Crippen molar-refractivity contribution in [1.29, 1.82) is 5.26 Å². The van der Waals surface area contributed by atoms with Crippen molar-refractivity contribution in [2.45, 2.75) is 32.5 Å². The van der Waals surface area contributed by atoms with Crippen LogP contribution in [-0.4, -0.2) is 37.7 Å². The van der Waals surface area contributed by atoms with Crippen LogP contribution in [0.15, 0.2) is 24.7 Å². The summed E-state index contributed by atoms with van der Waals surface area (Å²) >= 11 is 0. The second-order valence-electron chi connectivity index (χ2n) is 6.71. The number of aromatic amines is 1. The van der Waals surface area contributed by atoms with E-state index in [0.717, 1.165) is 18.7 Å². The number of aliphatic hydroxyl groups excluding tert-OH is 1. The number of nitrogens with zero attached hydrogens (tertiary/aromatic N) is 4. The molecule has 0 amide bonds. The van der Waals surface area contributed by atoms with Crippen LogP contribution in [-0.2, 0) is 6.18 Å². The summed E-state index contributed by atoms with van der Waals surface area (Å²) in [6.07, 6.45) is -0.218. The third kappa shape index (κ3) is 4.14. The number of hydrogen-bond acceptors (Lipinski definition) is 6. The van der Waals surface area contributed by atoms with Crippen LogP contribution in [0.5, 0.6) is 0 Å². The first-order chi connectivity index (χ1) is 13.8. The lowest BCUT2D eigenvalue weighted by atomic mass is 10.0. The fourth-order valence-corrected chi connectivity index (χ4v) is 2.91. The van der Waals surface area contributed by atoms with E-state index < -0.39 is 11.7 Å². The molecule has 3 aromatic heterocycles. The zero-order chi connectivity index (χ0) is 21.2. The molecule has 0 radical (unpaired) electrons. The van der Waals surface area contributed by atoms with Crippen LogP contribution in [0, 0.1) is 17.2 Å². The average Bonchev–Trinajstić information content (AvgIpc) is 3.13. The molecule has 0 spiro atoms. The van der Waals surface area contributed by atoms with Gasteiger partial charge in [-0.15, -0.1) is 0 Å². The van der Waals surface area contributed by atoms with Gasteiger partial charge in [-0.25, -0.2) is 15.0 Å². The predicted octanol–water partition coefficient (Wildman–Crippen LogP) is 3.73. The highest BCUT2D eigenvalue weighted by molar-refractivity contribution is 5.94. The van der Waals surface area contributed by atoms with Crippen LogP contribution in [0.25, 0.3) is 22.3 Å². The minimum Gasteiger partial charge on any atom is -0.394 e. The van der Waals surface area contributed by atoms with Crippen molar-refractivity contribution in [2.24, 2.45) is 5.92 Å². The van der Waals surface area contributed by atoms with E-state index in [4.69, 9.17) is 0 Å². The molecule has 0 aromatic carbocycles. The van der Waals surface area contributed by atoms with Crippen molar-refractivity contribution in [3.8, 4) is 17.3 Å². The van der Waals surface area contributed by atoms with E-state index in [0.29, 0.717) is 5.56 Å². The number of pyridine rings is 1. The molecule has 0 saturated carbocycles. The zero-order valence-corrected chi connectivity index (χ0v) is 15.7. The molecule has 1 unspecified atom stereocenters. The maximum atomic E-state index is 13.1. The normalized spacial score (nSPS) is 13.8. The lowest BCUT2D eigenvalue weighted by Gasteiger charge is -2.22. The number of anilines is 1. The molecule has 0 aliphatic rings. The van der Waals surface area contributed by atoms with E-state index >= 15 is 0 Å². The minimum absolute atomic E-state index is 0.109. The number of aromatic nitrogens is 4. The Kier molecular flexibility index (Phi) is 5.70. The molecule has 0 aliphatic carbocycles. The molecule has 152 valence electrons. The van der Waals surface area contributed by atoms with Gasteiger partial charge in [-0.2, -0.15) is 18.4 Å². The highest BCUT2D eigenvalue weighted by atomic mass is 19.4. The topological polar surface area (TPSA) is 111 Å². The molecule has 10 heteroatoms. The van der Waals surface area contributed by atoms with E-state index in [1.54, 1.807) is 0 Å². The van der Waals surface area contributed by atoms with Crippen molar-refractivity contribution >= 4 is 17.0 Å². The summed E-state index contributed by atoms with van der Waals surface area (Å²) in [5.74, 6) is 0.307. The Morgan fingerprint density at radius 1 is 1.31 bits per heavy atom. The van der Waals surface area contributed by atoms with Crippen molar-refractivity contribution in [2.75, 3.05) is 11.9 Å². The summed E-state index contributed by atoms with van der Waals surface area (Å²) in [6.45, 7) is 3.80.